The van der Waals surface area contributed by atoms with Crippen LogP contribution >= 0.6 is 0 Å². The first-order chi connectivity index (χ1) is 14.1. The predicted molar refractivity (Wildman–Crippen MR) is 108 cm³/mol. The molecular weight excluding hydrogens is 368 g/mol. The van der Waals surface area contributed by atoms with Gasteiger partial charge in [-0.2, -0.15) is 0 Å². The minimum absolute atomic E-state index is 0.0687. The number of carbonyl (C=O) groups is 3. The summed E-state index contributed by atoms with van der Waals surface area (Å²) < 4.78 is 5.17. The highest BCUT2D eigenvalue weighted by molar-refractivity contribution is 6.22. The fourth-order valence-corrected chi connectivity index (χ4v) is 5.33. The van der Waals surface area contributed by atoms with Crippen LogP contribution < -0.4 is 15.0 Å². The largest absolute Gasteiger partial charge is 0.497 e. The Kier molecular flexibility index (Phi) is 4.15. The lowest BCUT2D eigenvalue weighted by Crippen LogP contribution is -2.32. The summed E-state index contributed by atoms with van der Waals surface area (Å²) in [5.41, 5.74) is 1.63. The fourth-order valence-electron chi connectivity index (χ4n) is 5.33. The fraction of sp³-hybridized carbons (Fsp3) is 0.348. The van der Waals surface area contributed by atoms with Crippen LogP contribution in [0.1, 0.15) is 29.6 Å². The maximum atomic E-state index is 12.9. The summed E-state index contributed by atoms with van der Waals surface area (Å²) in [5, 5.41) is 2.83. The van der Waals surface area contributed by atoms with Crippen molar-refractivity contribution in [3.63, 3.8) is 0 Å². The summed E-state index contributed by atoms with van der Waals surface area (Å²) in [4.78, 5) is 39.7. The van der Waals surface area contributed by atoms with Crippen LogP contribution in [0, 0.1) is 23.7 Å². The van der Waals surface area contributed by atoms with Crippen LogP contribution in [0.5, 0.6) is 5.75 Å². The maximum Gasteiger partial charge on any atom is 0.255 e. The molecule has 1 heterocycles. The van der Waals surface area contributed by atoms with Gasteiger partial charge in [0.1, 0.15) is 5.75 Å². The molecule has 0 aromatic heterocycles. The van der Waals surface area contributed by atoms with Crippen LogP contribution in [0.2, 0.25) is 0 Å². The van der Waals surface area contributed by atoms with Gasteiger partial charge in [0, 0.05) is 17.3 Å². The van der Waals surface area contributed by atoms with E-state index in [0.29, 0.717) is 34.5 Å². The number of amides is 3. The van der Waals surface area contributed by atoms with Crippen molar-refractivity contribution in [3.8, 4) is 5.75 Å². The highest BCUT2D eigenvalue weighted by Gasteiger charge is 2.61. The molecule has 3 fully saturated rings. The molecule has 5 rings (SSSR count). The number of carbonyl (C=O) groups excluding carboxylic acids is 3. The summed E-state index contributed by atoms with van der Waals surface area (Å²) in [6.07, 6.45) is 3.13. The van der Waals surface area contributed by atoms with Crippen molar-refractivity contribution in [2.75, 3.05) is 17.3 Å². The lowest BCUT2D eigenvalue weighted by Gasteiger charge is -2.19. The van der Waals surface area contributed by atoms with Gasteiger partial charge in [-0.25, -0.2) is 0 Å². The van der Waals surface area contributed by atoms with Gasteiger partial charge < -0.3 is 10.1 Å². The molecule has 4 atom stereocenters. The summed E-state index contributed by atoms with van der Waals surface area (Å²) in [7, 11) is 1.57. The molecule has 2 aromatic rings. The van der Waals surface area contributed by atoms with Crippen molar-refractivity contribution < 1.29 is 19.1 Å². The third-order valence-electron chi connectivity index (χ3n) is 6.64. The number of ether oxygens (including phenoxy) is 1. The van der Waals surface area contributed by atoms with Crippen LogP contribution in [0.4, 0.5) is 11.4 Å². The molecule has 0 radical (unpaired) electrons. The average molecular weight is 390 g/mol. The molecule has 1 saturated heterocycles. The summed E-state index contributed by atoms with van der Waals surface area (Å²) in [6.45, 7) is 0. The van der Waals surface area contributed by atoms with E-state index in [1.54, 1.807) is 55.6 Å². The van der Waals surface area contributed by atoms with Crippen LogP contribution in [0.25, 0.3) is 0 Å². The number of benzene rings is 2. The van der Waals surface area contributed by atoms with Crippen molar-refractivity contribution in [1.29, 1.82) is 0 Å². The van der Waals surface area contributed by atoms with Crippen molar-refractivity contribution in [2.24, 2.45) is 23.7 Å². The number of nitrogens with one attached hydrogen (secondary N) is 1. The van der Waals surface area contributed by atoms with Crippen molar-refractivity contribution in [1.82, 2.24) is 0 Å². The van der Waals surface area contributed by atoms with Gasteiger partial charge in [0.2, 0.25) is 11.8 Å². The van der Waals surface area contributed by atoms with Gasteiger partial charge in [-0.05, 0) is 67.5 Å². The topological polar surface area (TPSA) is 75.7 Å². The second-order valence-corrected chi connectivity index (χ2v) is 8.13. The van der Waals surface area contributed by atoms with E-state index in [1.807, 2.05) is 0 Å². The molecule has 148 valence electrons. The molecule has 3 aliphatic rings. The highest BCUT2D eigenvalue weighted by Crippen LogP contribution is 2.56. The average Bonchev–Trinajstić information content (AvgIpc) is 3.42. The smallest absolute Gasteiger partial charge is 0.255 e. The molecule has 1 N–H and O–H groups in total. The number of fused-ring (bicyclic) bond motifs is 5. The lowest BCUT2D eigenvalue weighted by molar-refractivity contribution is -0.123. The monoisotopic (exact) mass is 390 g/mol. The summed E-state index contributed by atoms with van der Waals surface area (Å²) >= 11 is 0. The van der Waals surface area contributed by atoms with E-state index in [0.717, 1.165) is 19.3 Å². The number of anilines is 2. The van der Waals surface area contributed by atoms with Gasteiger partial charge in [-0.15, -0.1) is 0 Å². The zero-order valence-electron chi connectivity index (χ0n) is 16.1. The first-order valence-corrected chi connectivity index (χ1v) is 10.00. The molecule has 2 saturated carbocycles. The van der Waals surface area contributed by atoms with Crippen LogP contribution in [0.3, 0.4) is 0 Å². The van der Waals surface area contributed by atoms with Gasteiger partial charge in [0.25, 0.3) is 5.91 Å². The molecule has 2 bridgehead atoms. The summed E-state index contributed by atoms with van der Waals surface area (Å²) in [5.74, 6) is 0.692. The number of imide groups is 1. The van der Waals surface area contributed by atoms with E-state index in [9.17, 15) is 14.4 Å². The minimum atomic E-state index is -0.265. The van der Waals surface area contributed by atoms with Crippen molar-refractivity contribution in [2.45, 2.75) is 19.3 Å². The van der Waals surface area contributed by atoms with E-state index < -0.39 is 0 Å². The van der Waals surface area contributed by atoms with E-state index in [1.165, 1.54) is 4.90 Å². The Morgan fingerprint density at radius 1 is 1.00 bits per heavy atom. The van der Waals surface area contributed by atoms with Crippen LogP contribution in [-0.4, -0.2) is 24.8 Å². The standard InChI is InChI=1S/C23H22N2O4/c1-29-18-4-2-3-16(12-18)24-21(26)13-7-9-17(10-8-13)25-22(27)19-14-5-6-15(11-14)20(19)23(25)28/h2-4,7-10,12,14-15,19-20H,5-6,11H2,1H3,(H,24,26)/t14-,15-,19+,20+/m0/s1. The first kappa shape index (κ1) is 17.9. The van der Waals surface area contributed by atoms with E-state index >= 15 is 0 Å². The van der Waals surface area contributed by atoms with Crippen LogP contribution in [0.15, 0.2) is 48.5 Å². The molecule has 6 heteroatoms. The minimum Gasteiger partial charge on any atom is -0.497 e. The third-order valence-corrected chi connectivity index (χ3v) is 6.64. The Labute approximate surface area is 168 Å². The molecule has 1 aliphatic heterocycles. The molecule has 2 aromatic carbocycles. The molecule has 29 heavy (non-hydrogen) atoms. The SMILES string of the molecule is COc1cccc(NC(=O)c2ccc(N3C(=O)[C@@H]4[C@H]5CC[C@@H](C5)[C@H]4C3=O)cc2)c1. The van der Waals surface area contributed by atoms with Gasteiger partial charge in [0.15, 0.2) is 0 Å². The van der Waals surface area contributed by atoms with Gasteiger partial charge >= 0.3 is 0 Å². The van der Waals surface area contributed by atoms with Crippen molar-refractivity contribution >= 4 is 29.1 Å². The Bertz CT molecular complexity index is 972. The quantitative estimate of drug-likeness (QED) is 0.811. The lowest BCUT2D eigenvalue weighted by atomic mass is 9.81. The van der Waals surface area contributed by atoms with E-state index in [-0.39, 0.29) is 29.6 Å². The van der Waals surface area contributed by atoms with Gasteiger partial charge in [-0.1, -0.05) is 6.07 Å². The van der Waals surface area contributed by atoms with Gasteiger partial charge in [-0.3, -0.25) is 19.3 Å². The first-order valence-electron chi connectivity index (χ1n) is 10.00. The number of rotatable bonds is 4. The van der Waals surface area contributed by atoms with Crippen LogP contribution in [-0.2, 0) is 9.59 Å². The number of hydrogen-bond acceptors (Lipinski definition) is 4. The Balaban J connectivity index is 1.33. The Morgan fingerprint density at radius 3 is 2.28 bits per heavy atom. The third kappa shape index (κ3) is 2.82. The number of nitrogens with zero attached hydrogens (tertiary/aromatic N) is 1. The second-order valence-electron chi connectivity index (χ2n) is 8.13. The van der Waals surface area contributed by atoms with Gasteiger partial charge in [0.05, 0.1) is 24.6 Å². The van der Waals surface area contributed by atoms with E-state index in [2.05, 4.69) is 5.32 Å². The molecule has 0 spiro atoms. The molecule has 2 aliphatic carbocycles. The Hall–Kier alpha value is -3.15. The molecule has 3 amide bonds. The summed E-state index contributed by atoms with van der Waals surface area (Å²) in [6, 6.07) is 13.8. The van der Waals surface area contributed by atoms with Crippen molar-refractivity contribution in [3.05, 3.63) is 54.1 Å². The molecule has 6 nitrogen and oxygen atoms in total. The highest BCUT2D eigenvalue weighted by atomic mass is 16.5. The zero-order valence-corrected chi connectivity index (χ0v) is 16.1. The zero-order chi connectivity index (χ0) is 20.1. The predicted octanol–water partition coefficient (Wildman–Crippen LogP) is 3.48. The molecular formula is C23H22N2O4. The molecule has 0 unspecified atom stereocenters. The maximum absolute atomic E-state index is 12.9. The van der Waals surface area contributed by atoms with E-state index in [4.69, 9.17) is 4.74 Å². The number of hydrogen-bond donors (Lipinski definition) is 1. The Morgan fingerprint density at radius 2 is 1.66 bits per heavy atom. The second kappa shape index (κ2) is 6.72. The normalized spacial score (nSPS) is 27.3. The number of methoxy groups -OCH3 is 1.